The van der Waals surface area contributed by atoms with Crippen molar-refractivity contribution in [3.05, 3.63) is 54.9 Å². The van der Waals surface area contributed by atoms with E-state index < -0.39 is 10.0 Å². The molecule has 0 aliphatic heterocycles. The molecule has 0 amide bonds. The molecule has 2 aromatic carbocycles. The lowest BCUT2D eigenvalue weighted by Gasteiger charge is -2.13. The van der Waals surface area contributed by atoms with Gasteiger partial charge in [0.05, 0.1) is 14.2 Å². The number of nitrogens with zero attached hydrogens (tertiary/aromatic N) is 2. The quantitative estimate of drug-likeness (QED) is 0.649. The summed E-state index contributed by atoms with van der Waals surface area (Å²) in [5.74, 6) is 0.670. The van der Waals surface area contributed by atoms with Gasteiger partial charge in [0.15, 0.2) is 5.16 Å². The van der Waals surface area contributed by atoms with E-state index in [-0.39, 0.29) is 10.6 Å². The van der Waals surface area contributed by atoms with Crippen molar-refractivity contribution in [2.75, 3.05) is 18.9 Å². The summed E-state index contributed by atoms with van der Waals surface area (Å²) in [4.78, 5) is 5.22. The van der Waals surface area contributed by atoms with Gasteiger partial charge in [-0.25, -0.2) is 13.4 Å². The number of ether oxygens (including phenoxy) is 2. The van der Waals surface area contributed by atoms with Crippen LogP contribution < -0.4 is 14.2 Å². The topological polar surface area (TPSA) is 82.4 Å². The van der Waals surface area contributed by atoms with Crippen LogP contribution in [-0.4, -0.2) is 32.2 Å². The second kappa shape index (κ2) is 7.93. The van der Waals surface area contributed by atoms with Crippen molar-refractivity contribution in [1.82, 2.24) is 9.55 Å². The predicted molar refractivity (Wildman–Crippen MR) is 104 cm³/mol. The van der Waals surface area contributed by atoms with Gasteiger partial charge in [0, 0.05) is 36.1 Å². The Hall–Kier alpha value is -2.65. The highest BCUT2D eigenvalue weighted by molar-refractivity contribution is 7.99. The number of nitrogens with one attached hydrogen (secondary N) is 1. The number of sulfonamides is 1. The highest BCUT2D eigenvalue weighted by atomic mass is 32.2. The van der Waals surface area contributed by atoms with Gasteiger partial charge < -0.3 is 14.0 Å². The van der Waals surface area contributed by atoms with Crippen molar-refractivity contribution in [1.29, 1.82) is 0 Å². The van der Waals surface area contributed by atoms with E-state index in [9.17, 15) is 8.42 Å². The van der Waals surface area contributed by atoms with Crippen LogP contribution in [0.4, 0.5) is 5.69 Å². The van der Waals surface area contributed by atoms with Crippen LogP contribution >= 0.6 is 11.8 Å². The molecular weight excluding hydrogens is 386 g/mol. The monoisotopic (exact) mass is 405 g/mol. The summed E-state index contributed by atoms with van der Waals surface area (Å²) in [7, 11) is 0.976. The summed E-state index contributed by atoms with van der Waals surface area (Å²) >= 11 is 1.49. The molecule has 0 fully saturated rings. The van der Waals surface area contributed by atoms with Gasteiger partial charge in [-0.1, -0.05) is 11.8 Å². The maximum atomic E-state index is 12.8. The van der Waals surface area contributed by atoms with Gasteiger partial charge in [-0.2, -0.15) is 0 Å². The summed E-state index contributed by atoms with van der Waals surface area (Å²) in [5.41, 5.74) is 0.448. The van der Waals surface area contributed by atoms with Crippen molar-refractivity contribution in [2.45, 2.75) is 14.9 Å². The average Bonchev–Trinajstić information content (AvgIpc) is 3.07. The van der Waals surface area contributed by atoms with E-state index in [0.29, 0.717) is 11.4 Å². The van der Waals surface area contributed by atoms with Crippen molar-refractivity contribution < 1.29 is 17.9 Å². The number of hydrogen-bond acceptors (Lipinski definition) is 6. The normalized spacial score (nSPS) is 11.2. The molecule has 3 aromatic rings. The molecule has 7 nitrogen and oxygen atoms in total. The molecule has 0 saturated heterocycles. The summed E-state index contributed by atoms with van der Waals surface area (Å²) in [6.07, 6.45) is 3.60. The number of anilines is 1. The van der Waals surface area contributed by atoms with E-state index in [0.717, 1.165) is 10.1 Å². The Bertz CT molecular complexity index is 1030. The Kier molecular flexibility index (Phi) is 5.62. The van der Waals surface area contributed by atoms with Gasteiger partial charge in [-0.05, 0) is 36.4 Å². The minimum atomic E-state index is -3.84. The molecule has 0 radical (unpaired) electrons. The maximum absolute atomic E-state index is 12.8. The number of benzene rings is 2. The molecule has 0 atom stereocenters. The summed E-state index contributed by atoms with van der Waals surface area (Å²) in [6.45, 7) is 0. The maximum Gasteiger partial charge on any atom is 0.265 e. The Morgan fingerprint density at radius 1 is 1.07 bits per heavy atom. The van der Waals surface area contributed by atoms with E-state index in [1.807, 2.05) is 29.9 Å². The summed E-state index contributed by atoms with van der Waals surface area (Å²) < 4.78 is 40.3. The molecule has 0 unspecified atom stereocenters. The van der Waals surface area contributed by atoms with Crippen molar-refractivity contribution in [3.63, 3.8) is 0 Å². The fourth-order valence-corrected chi connectivity index (χ4v) is 4.40. The van der Waals surface area contributed by atoms with Gasteiger partial charge in [0.1, 0.15) is 16.4 Å². The van der Waals surface area contributed by atoms with E-state index in [4.69, 9.17) is 9.47 Å². The van der Waals surface area contributed by atoms with Crippen LogP contribution in [0.1, 0.15) is 0 Å². The van der Waals surface area contributed by atoms with E-state index in [1.54, 1.807) is 30.5 Å². The van der Waals surface area contributed by atoms with Crippen molar-refractivity contribution in [3.8, 4) is 11.5 Å². The smallest absolute Gasteiger partial charge is 0.265 e. The second-order valence-corrected chi connectivity index (χ2v) is 8.26. The fourth-order valence-electron chi connectivity index (χ4n) is 2.35. The van der Waals surface area contributed by atoms with E-state index >= 15 is 0 Å². The van der Waals surface area contributed by atoms with Crippen LogP contribution in [-0.2, 0) is 17.1 Å². The Balaban J connectivity index is 1.81. The molecular formula is C18H19N3O4S2. The largest absolute Gasteiger partial charge is 0.497 e. The molecule has 0 spiro atoms. The molecule has 27 heavy (non-hydrogen) atoms. The van der Waals surface area contributed by atoms with Crippen LogP contribution in [0.15, 0.2) is 69.8 Å². The number of imidazole rings is 1. The molecule has 9 heteroatoms. The number of rotatable bonds is 7. The number of aryl methyl sites for hydroxylation is 1. The molecule has 1 aromatic heterocycles. The van der Waals surface area contributed by atoms with Gasteiger partial charge in [0.25, 0.3) is 10.0 Å². The highest BCUT2D eigenvalue weighted by Crippen LogP contribution is 2.31. The number of methoxy groups -OCH3 is 2. The minimum absolute atomic E-state index is 0.0100. The van der Waals surface area contributed by atoms with Crippen LogP contribution in [0.3, 0.4) is 0 Å². The SMILES string of the molecule is COc1ccc(OC)c(S(=O)(=O)Nc2ccc(Sc3nccn3C)cc2)c1. The van der Waals surface area contributed by atoms with Gasteiger partial charge in [-0.15, -0.1) is 0 Å². The zero-order valence-electron chi connectivity index (χ0n) is 15.0. The Morgan fingerprint density at radius 3 is 2.41 bits per heavy atom. The van der Waals surface area contributed by atoms with Crippen molar-refractivity contribution >= 4 is 27.5 Å². The molecule has 142 valence electrons. The molecule has 0 aliphatic carbocycles. The molecule has 1 N–H and O–H groups in total. The van der Waals surface area contributed by atoms with E-state index in [1.165, 1.54) is 32.0 Å². The summed E-state index contributed by atoms with van der Waals surface area (Å²) in [6, 6.07) is 11.7. The first-order valence-electron chi connectivity index (χ1n) is 7.93. The lowest BCUT2D eigenvalue weighted by molar-refractivity contribution is 0.392. The first kappa shape index (κ1) is 19.1. The lowest BCUT2D eigenvalue weighted by Crippen LogP contribution is -2.14. The Morgan fingerprint density at radius 2 is 1.81 bits per heavy atom. The zero-order chi connectivity index (χ0) is 19.4. The van der Waals surface area contributed by atoms with Crippen LogP contribution in [0.25, 0.3) is 0 Å². The van der Waals surface area contributed by atoms with Crippen LogP contribution in [0.5, 0.6) is 11.5 Å². The average molecular weight is 406 g/mol. The van der Waals surface area contributed by atoms with Gasteiger partial charge >= 0.3 is 0 Å². The Labute approximate surface area is 162 Å². The molecule has 0 saturated carbocycles. The van der Waals surface area contributed by atoms with Crippen LogP contribution in [0.2, 0.25) is 0 Å². The molecule has 3 rings (SSSR count). The fraction of sp³-hybridized carbons (Fsp3) is 0.167. The summed E-state index contributed by atoms with van der Waals surface area (Å²) in [5, 5.41) is 0.851. The second-order valence-electron chi connectivity index (χ2n) is 5.57. The zero-order valence-corrected chi connectivity index (χ0v) is 16.7. The molecule has 0 aliphatic rings. The highest BCUT2D eigenvalue weighted by Gasteiger charge is 2.20. The van der Waals surface area contributed by atoms with Gasteiger partial charge in [0.2, 0.25) is 0 Å². The molecule has 0 bridgehead atoms. The molecule has 1 heterocycles. The predicted octanol–water partition coefficient (Wildman–Crippen LogP) is 3.39. The first-order valence-corrected chi connectivity index (χ1v) is 10.2. The first-order chi connectivity index (χ1) is 12.9. The van der Waals surface area contributed by atoms with Crippen molar-refractivity contribution in [2.24, 2.45) is 7.05 Å². The third kappa shape index (κ3) is 4.37. The number of hydrogen-bond donors (Lipinski definition) is 1. The van der Waals surface area contributed by atoms with E-state index in [2.05, 4.69) is 9.71 Å². The minimum Gasteiger partial charge on any atom is -0.497 e. The standard InChI is InChI=1S/C18H19N3O4S2/c1-21-11-10-19-18(21)26-15-7-4-13(5-8-15)20-27(22,23)17-12-14(24-2)6-9-16(17)25-3/h4-12,20H,1-3H3. The third-order valence-electron chi connectivity index (χ3n) is 3.75. The lowest BCUT2D eigenvalue weighted by atomic mass is 10.3. The third-order valence-corrected chi connectivity index (χ3v) is 6.24. The van der Waals surface area contributed by atoms with Crippen LogP contribution in [0, 0.1) is 0 Å². The van der Waals surface area contributed by atoms with Gasteiger partial charge in [-0.3, -0.25) is 4.72 Å². The number of aromatic nitrogens is 2.